The molecule has 0 saturated carbocycles. The van der Waals surface area contributed by atoms with Crippen molar-refractivity contribution in [2.45, 2.75) is 32.1 Å². The van der Waals surface area contributed by atoms with Crippen molar-refractivity contribution in [2.75, 3.05) is 19.6 Å². The van der Waals surface area contributed by atoms with E-state index in [-0.39, 0.29) is 35.9 Å². The Hall–Kier alpha value is -1.89. The maximum absolute atomic E-state index is 12.2. The molecule has 6 nitrogen and oxygen atoms in total. The highest BCUT2D eigenvalue weighted by Gasteiger charge is 2.16. The van der Waals surface area contributed by atoms with E-state index in [1.54, 1.807) is 6.07 Å². The number of hydrogen-bond acceptors (Lipinski definition) is 3. The Balaban J connectivity index is 1.86. The fraction of sp³-hybridized carbons (Fsp3) is 0.471. The molecule has 2 rings (SSSR count). The van der Waals surface area contributed by atoms with E-state index in [1.165, 1.54) is 12.1 Å². The van der Waals surface area contributed by atoms with E-state index in [4.69, 9.17) is 5.11 Å². The van der Waals surface area contributed by atoms with Gasteiger partial charge in [-0.25, -0.2) is 4.79 Å². The smallest absolute Gasteiger partial charge is 0.335 e. The van der Waals surface area contributed by atoms with Gasteiger partial charge in [-0.05, 0) is 31.0 Å². The SMILES string of the molecule is O=C(O)c1cc(Br)cc(C(=O)NCCC(=O)N2CCCCCC2)c1. The van der Waals surface area contributed by atoms with Crippen molar-refractivity contribution >= 4 is 33.7 Å². The first-order valence-corrected chi connectivity index (χ1v) is 8.86. The van der Waals surface area contributed by atoms with E-state index in [0.29, 0.717) is 4.47 Å². The third-order valence-electron chi connectivity index (χ3n) is 3.99. The normalized spacial score (nSPS) is 14.8. The third-order valence-corrected chi connectivity index (χ3v) is 4.45. The van der Waals surface area contributed by atoms with Gasteiger partial charge in [0.25, 0.3) is 5.91 Å². The topological polar surface area (TPSA) is 86.7 Å². The highest BCUT2D eigenvalue weighted by molar-refractivity contribution is 9.10. The van der Waals surface area contributed by atoms with Gasteiger partial charge in [-0.1, -0.05) is 28.8 Å². The lowest BCUT2D eigenvalue weighted by molar-refractivity contribution is -0.131. The molecule has 1 saturated heterocycles. The van der Waals surface area contributed by atoms with E-state index < -0.39 is 5.97 Å². The number of rotatable bonds is 5. The van der Waals surface area contributed by atoms with Crippen molar-refractivity contribution in [1.29, 1.82) is 0 Å². The summed E-state index contributed by atoms with van der Waals surface area (Å²) in [6.07, 6.45) is 4.65. The molecule has 0 spiro atoms. The molecule has 130 valence electrons. The standard InChI is InChI=1S/C17H21BrN2O4/c18-14-10-12(9-13(11-14)17(23)24)16(22)19-6-5-15(21)20-7-3-1-2-4-8-20/h9-11H,1-8H2,(H,19,22)(H,23,24). The van der Waals surface area contributed by atoms with Gasteiger partial charge in [0.15, 0.2) is 0 Å². The average molecular weight is 397 g/mol. The Morgan fingerprint density at radius 2 is 1.67 bits per heavy atom. The number of halogens is 1. The van der Waals surface area contributed by atoms with E-state index in [1.807, 2.05) is 4.90 Å². The molecule has 1 aliphatic heterocycles. The predicted octanol–water partition coefficient (Wildman–Crippen LogP) is 2.67. The van der Waals surface area contributed by atoms with Gasteiger partial charge in [0, 0.05) is 36.1 Å². The number of benzene rings is 1. The largest absolute Gasteiger partial charge is 0.478 e. The lowest BCUT2D eigenvalue weighted by atomic mass is 10.1. The zero-order chi connectivity index (χ0) is 17.5. The number of aromatic carboxylic acids is 1. The van der Waals surface area contributed by atoms with Gasteiger partial charge in [-0.2, -0.15) is 0 Å². The zero-order valence-electron chi connectivity index (χ0n) is 13.4. The molecule has 0 aliphatic carbocycles. The summed E-state index contributed by atoms with van der Waals surface area (Å²) >= 11 is 3.20. The molecule has 24 heavy (non-hydrogen) atoms. The number of carbonyl (C=O) groups excluding carboxylic acids is 2. The van der Waals surface area contributed by atoms with Crippen molar-refractivity contribution in [3.05, 3.63) is 33.8 Å². The number of likely N-dealkylation sites (tertiary alicyclic amines) is 1. The van der Waals surface area contributed by atoms with Gasteiger partial charge in [0.05, 0.1) is 5.56 Å². The molecule has 2 N–H and O–H groups in total. The number of nitrogens with zero attached hydrogens (tertiary/aromatic N) is 1. The minimum absolute atomic E-state index is 0.0372. The Morgan fingerprint density at radius 1 is 1.04 bits per heavy atom. The maximum Gasteiger partial charge on any atom is 0.335 e. The molecular formula is C17H21BrN2O4. The van der Waals surface area contributed by atoms with E-state index in [2.05, 4.69) is 21.2 Å². The van der Waals surface area contributed by atoms with Gasteiger partial charge >= 0.3 is 5.97 Å². The lowest BCUT2D eigenvalue weighted by Gasteiger charge is -2.20. The molecule has 7 heteroatoms. The summed E-state index contributed by atoms with van der Waals surface area (Å²) in [6.45, 7) is 1.82. The van der Waals surface area contributed by atoms with Crippen LogP contribution in [0, 0.1) is 0 Å². The van der Waals surface area contributed by atoms with Crippen LogP contribution in [0.4, 0.5) is 0 Å². The summed E-state index contributed by atoms with van der Waals surface area (Å²) in [6, 6.07) is 4.30. The molecule has 0 unspecified atom stereocenters. The molecular weight excluding hydrogens is 376 g/mol. The fourth-order valence-corrected chi connectivity index (χ4v) is 3.20. The molecule has 0 bridgehead atoms. The van der Waals surface area contributed by atoms with Crippen LogP contribution in [0.2, 0.25) is 0 Å². The molecule has 1 heterocycles. The highest BCUT2D eigenvalue weighted by atomic mass is 79.9. The average Bonchev–Trinajstić information content (AvgIpc) is 2.83. The van der Waals surface area contributed by atoms with Crippen LogP contribution < -0.4 is 5.32 Å². The Bertz CT molecular complexity index is 625. The number of amides is 2. The van der Waals surface area contributed by atoms with Crippen LogP contribution in [0.15, 0.2) is 22.7 Å². The van der Waals surface area contributed by atoms with E-state index in [9.17, 15) is 14.4 Å². The Labute approximate surface area is 149 Å². The first-order valence-electron chi connectivity index (χ1n) is 8.07. The lowest BCUT2D eigenvalue weighted by Crippen LogP contribution is -2.35. The Kier molecular flexibility index (Phi) is 6.78. The summed E-state index contributed by atoms with van der Waals surface area (Å²) < 4.78 is 0.521. The maximum atomic E-state index is 12.2. The second-order valence-electron chi connectivity index (χ2n) is 5.83. The first-order chi connectivity index (χ1) is 11.5. The summed E-state index contributed by atoms with van der Waals surface area (Å²) in [5.41, 5.74) is 0.291. The first kappa shape index (κ1) is 18.4. The van der Waals surface area contributed by atoms with Gasteiger partial charge in [-0.15, -0.1) is 0 Å². The van der Waals surface area contributed by atoms with Crippen LogP contribution in [0.5, 0.6) is 0 Å². The van der Waals surface area contributed by atoms with E-state index >= 15 is 0 Å². The fourth-order valence-electron chi connectivity index (χ4n) is 2.71. The molecule has 2 amide bonds. The molecule has 1 aromatic rings. The van der Waals surface area contributed by atoms with Crippen LogP contribution in [0.1, 0.15) is 52.8 Å². The van der Waals surface area contributed by atoms with Gasteiger partial charge in [-0.3, -0.25) is 9.59 Å². The monoisotopic (exact) mass is 396 g/mol. The van der Waals surface area contributed by atoms with Crippen molar-refractivity contribution in [3.8, 4) is 0 Å². The summed E-state index contributed by atoms with van der Waals surface area (Å²) in [7, 11) is 0. The van der Waals surface area contributed by atoms with Crippen molar-refractivity contribution in [3.63, 3.8) is 0 Å². The number of carboxylic acid groups (broad SMARTS) is 1. The summed E-state index contributed by atoms with van der Waals surface area (Å²) in [5.74, 6) is -1.43. The Morgan fingerprint density at radius 3 is 2.29 bits per heavy atom. The second kappa shape index (κ2) is 8.82. The van der Waals surface area contributed by atoms with Crippen LogP contribution in [-0.4, -0.2) is 47.4 Å². The minimum atomic E-state index is -1.10. The predicted molar refractivity (Wildman–Crippen MR) is 93.1 cm³/mol. The van der Waals surface area contributed by atoms with Crippen molar-refractivity contribution in [1.82, 2.24) is 10.2 Å². The quantitative estimate of drug-likeness (QED) is 0.800. The van der Waals surface area contributed by atoms with Crippen molar-refractivity contribution < 1.29 is 19.5 Å². The van der Waals surface area contributed by atoms with Crippen LogP contribution in [0.25, 0.3) is 0 Å². The second-order valence-corrected chi connectivity index (χ2v) is 6.75. The highest BCUT2D eigenvalue weighted by Crippen LogP contribution is 2.16. The molecule has 1 aromatic carbocycles. The number of nitrogens with one attached hydrogen (secondary N) is 1. The zero-order valence-corrected chi connectivity index (χ0v) is 15.0. The van der Waals surface area contributed by atoms with Gasteiger partial charge in [0.2, 0.25) is 5.91 Å². The molecule has 0 radical (unpaired) electrons. The molecule has 1 fully saturated rings. The number of carboxylic acids is 1. The van der Waals surface area contributed by atoms with Crippen LogP contribution in [0.3, 0.4) is 0 Å². The summed E-state index contributed by atoms with van der Waals surface area (Å²) in [5, 5.41) is 11.7. The number of hydrogen-bond donors (Lipinski definition) is 2. The molecule has 0 aromatic heterocycles. The minimum Gasteiger partial charge on any atom is -0.478 e. The number of carbonyl (C=O) groups is 3. The van der Waals surface area contributed by atoms with Gasteiger partial charge in [0.1, 0.15) is 0 Å². The van der Waals surface area contributed by atoms with E-state index in [0.717, 1.165) is 38.8 Å². The van der Waals surface area contributed by atoms with Crippen LogP contribution >= 0.6 is 15.9 Å². The third kappa shape index (κ3) is 5.33. The van der Waals surface area contributed by atoms with Crippen molar-refractivity contribution in [2.24, 2.45) is 0 Å². The summed E-state index contributed by atoms with van der Waals surface area (Å²) in [4.78, 5) is 37.2. The molecule has 0 atom stereocenters. The van der Waals surface area contributed by atoms with Crippen LogP contribution in [-0.2, 0) is 4.79 Å². The molecule has 1 aliphatic rings. The van der Waals surface area contributed by atoms with Gasteiger partial charge < -0.3 is 15.3 Å².